The van der Waals surface area contributed by atoms with Crippen LogP contribution >= 0.6 is 46.7 Å². The van der Waals surface area contributed by atoms with Gasteiger partial charge in [-0.05, 0) is 44.2 Å². The largest absolute Gasteiger partial charge is 0.363 e. The number of nitrogens with one attached hydrogen (secondary N) is 2. The smallest absolute Gasteiger partial charge is 0.191 e. The van der Waals surface area contributed by atoms with Gasteiger partial charge in [0.05, 0.1) is 11.5 Å². The number of aliphatic imine (C=N–C) groups is 1. The monoisotopic (exact) mass is 491 g/mol. The van der Waals surface area contributed by atoms with E-state index >= 15 is 0 Å². The summed E-state index contributed by atoms with van der Waals surface area (Å²) in [6.45, 7) is 7.89. The van der Waals surface area contributed by atoms with Crippen LogP contribution in [0.2, 0.25) is 0 Å². The number of nitrogens with zero attached hydrogens (tertiary/aromatic N) is 3. The number of thiazole rings is 1. The summed E-state index contributed by atoms with van der Waals surface area (Å²) in [5.74, 6) is 0.903. The summed E-state index contributed by atoms with van der Waals surface area (Å²) >= 11 is 3.54. The number of aryl methyl sites for hydroxylation is 1. The maximum absolute atomic E-state index is 4.69. The van der Waals surface area contributed by atoms with Gasteiger partial charge in [-0.1, -0.05) is 0 Å². The minimum atomic E-state index is 0. The Kier molecular flexibility index (Phi) is 8.44. The molecule has 1 aliphatic rings. The highest BCUT2D eigenvalue weighted by molar-refractivity contribution is 14.0. The van der Waals surface area contributed by atoms with Crippen molar-refractivity contribution in [3.63, 3.8) is 0 Å². The van der Waals surface area contributed by atoms with Gasteiger partial charge in [0, 0.05) is 36.8 Å². The second kappa shape index (κ2) is 10.3. The van der Waals surface area contributed by atoms with Crippen LogP contribution in [0.25, 0.3) is 0 Å². The molecule has 5 nitrogen and oxygen atoms in total. The van der Waals surface area contributed by atoms with Crippen LogP contribution in [0.4, 0.5) is 5.00 Å². The van der Waals surface area contributed by atoms with Crippen molar-refractivity contribution >= 4 is 57.6 Å². The molecular formula is C17H26IN5S2. The van der Waals surface area contributed by atoms with Crippen molar-refractivity contribution < 1.29 is 0 Å². The molecule has 0 unspecified atom stereocenters. The van der Waals surface area contributed by atoms with Crippen LogP contribution in [0.1, 0.15) is 29.7 Å². The van der Waals surface area contributed by atoms with Crippen LogP contribution in [0.15, 0.2) is 28.7 Å². The van der Waals surface area contributed by atoms with Gasteiger partial charge in [-0.3, -0.25) is 0 Å². The van der Waals surface area contributed by atoms with E-state index in [2.05, 4.69) is 51.9 Å². The molecule has 0 saturated carbocycles. The zero-order valence-electron chi connectivity index (χ0n) is 14.7. The number of halogens is 1. The zero-order valence-corrected chi connectivity index (χ0v) is 18.7. The van der Waals surface area contributed by atoms with E-state index in [0.29, 0.717) is 12.6 Å². The molecule has 0 spiro atoms. The lowest BCUT2D eigenvalue weighted by Gasteiger charge is -2.33. The highest BCUT2D eigenvalue weighted by atomic mass is 127. The van der Waals surface area contributed by atoms with E-state index in [1.54, 1.807) is 11.3 Å². The first-order chi connectivity index (χ1) is 11.7. The first-order valence-electron chi connectivity index (χ1n) is 8.49. The Balaban J connectivity index is 0.00000225. The van der Waals surface area contributed by atoms with Gasteiger partial charge in [0.15, 0.2) is 5.96 Å². The molecule has 3 heterocycles. The number of guanidine groups is 1. The summed E-state index contributed by atoms with van der Waals surface area (Å²) in [6, 6.07) is 4.82. The second-order valence-corrected chi connectivity index (χ2v) is 8.16. The van der Waals surface area contributed by atoms with Gasteiger partial charge in [0.1, 0.15) is 5.01 Å². The van der Waals surface area contributed by atoms with Crippen LogP contribution in [0.3, 0.4) is 0 Å². The number of piperidine rings is 1. The lowest BCUT2D eigenvalue weighted by molar-refractivity contribution is 0.463. The Labute approximate surface area is 175 Å². The van der Waals surface area contributed by atoms with Gasteiger partial charge in [0.2, 0.25) is 0 Å². The average Bonchev–Trinajstić information content (AvgIpc) is 3.25. The summed E-state index contributed by atoms with van der Waals surface area (Å²) in [7, 11) is 0. The van der Waals surface area contributed by atoms with E-state index in [-0.39, 0.29) is 24.0 Å². The average molecular weight is 491 g/mol. The molecule has 3 rings (SSSR count). The third-order valence-electron chi connectivity index (χ3n) is 4.04. The van der Waals surface area contributed by atoms with E-state index < -0.39 is 0 Å². The van der Waals surface area contributed by atoms with Crippen LogP contribution in [0.5, 0.6) is 0 Å². The third-order valence-corrected chi connectivity index (χ3v) is 5.87. The normalized spacial score (nSPS) is 15.8. The molecule has 0 radical (unpaired) electrons. The molecule has 1 aliphatic heterocycles. The fourth-order valence-electron chi connectivity index (χ4n) is 2.83. The highest BCUT2D eigenvalue weighted by Crippen LogP contribution is 2.24. The van der Waals surface area contributed by atoms with Crippen LogP contribution in [-0.2, 0) is 6.54 Å². The van der Waals surface area contributed by atoms with Crippen LogP contribution in [0, 0.1) is 6.92 Å². The molecular weight excluding hydrogens is 465 g/mol. The number of hydrogen-bond acceptors (Lipinski definition) is 5. The summed E-state index contributed by atoms with van der Waals surface area (Å²) < 4.78 is 0. The van der Waals surface area contributed by atoms with Crippen molar-refractivity contribution in [2.45, 2.75) is 39.3 Å². The Morgan fingerprint density at radius 3 is 2.80 bits per heavy atom. The molecule has 2 aromatic rings. The number of rotatable bonds is 5. The SMILES string of the molecule is CCNC(=NCc1ncc(C)s1)NC1CCN(c2cccs2)CC1.I. The quantitative estimate of drug-likeness (QED) is 0.379. The molecule has 2 N–H and O–H groups in total. The molecule has 8 heteroatoms. The fourth-order valence-corrected chi connectivity index (χ4v) is 4.33. The molecule has 0 aromatic carbocycles. The molecule has 0 aliphatic carbocycles. The summed E-state index contributed by atoms with van der Waals surface area (Å²) in [5.41, 5.74) is 0. The van der Waals surface area contributed by atoms with Gasteiger partial charge in [-0.25, -0.2) is 9.98 Å². The van der Waals surface area contributed by atoms with Crippen molar-refractivity contribution in [3.8, 4) is 0 Å². The first-order valence-corrected chi connectivity index (χ1v) is 10.2. The van der Waals surface area contributed by atoms with Crippen LogP contribution < -0.4 is 15.5 Å². The molecule has 0 bridgehead atoms. The minimum absolute atomic E-state index is 0. The van der Waals surface area contributed by atoms with E-state index in [0.717, 1.165) is 43.4 Å². The van der Waals surface area contributed by atoms with E-state index in [4.69, 9.17) is 4.99 Å². The van der Waals surface area contributed by atoms with Crippen molar-refractivity contribution in [2.75, 3.05) is 24.5 Å². The maximum atomic E-state index is 4.69. The second-order valence-electron chi connectivity index (χ2n) is 5.92. The number of thiophene rings is 1. The van der Waals surface area contributed by atoms with Crippen molar-refractivity contribution in [1.29, 1.82) is 0 Å². The van der Waals surface area contributed by atoms with E-state index in [9.17, 15) is 0 Å². The standard InChI is InChI=1S/C17H25N5S2.HI/c1-3-18-17(20-12-15-19-11-13(2)24-15)21-14-6-8-22(9-7-14)16-5-4-10-23-16;/h4-5,10-11,14H,3,6-9,12H2,1-2H3,(H2,18,20,21);1H. The molecule has 0 amide bonds. The van der Waals surface area contributed by atoms with Gasteiger partial charge in [-0.15, -0.1) is 46.7 Å². The lowest BCUT2D eigenvalue weighted by atomic mass is 10.1. The fraction of sp³-hybridized carbons (Fsp3) is 0.529. The Morgan fingerprint density at radius 2 is 2.20 bits per heavy atom. The first kappa shape index (κ1) is 20.4. The minimum Gasteiger partial charge on any atom is -0.363 e. The van der Waals surface area contributed by atoms with Crippen molar-refractivity contribution in [2.24, 2.45) is 4.99 Å². The van der Waals surface area contributed by atoms with Crippen molar-refractivity contribution in [3.05, 3.63) is 33.6 Å². The molecule has 2 aromatic heterocycles. The van der Waals surface area contributed by atoms with E-state index in [1.807, 2.05) is 17.5 Å². The van der Waals surface area contributed by atoms with Crippen molar-refractivity contribution in [1.82, 2.24) is 15.6 Å². The number of anilines is 1. The summed E-state index contributed by atoms with van der Waals surface area (Å²) in [6.07, 6.45) is 4.19. The molecule has 1 saturated heterocycles. The van der Waals surface area contributed by atoms with Gasteiger partial charge >= 0.3 is 0 Å². The van der Waals surface area contributed by atoms with Gasteiger partial charge in [-0.2, -0.15) is 0 Å². The molecule has 25 heavy (non-hydrogen) atoms. The summed E-state index contributed by atoms with van der Waals surface area (Å²) in [4.78, 5) is 12.8. The Morgan fingerprint density at radius 1 is 1.40 bits per heavy atom. The number of aromatic nitrogens is 1. The predicted octanol–water partition coefficient (Wildman–Crippen LogP) is 3.86. The molecule has 0 atom stereocenters. The van der Waals surface area contributed by atoms with E-state index in [1.165, 1.54) is 9.88 Å². The lowest BCUT2D eigenvalue weighted by Crippen LogP contribution is -2.48. The Bertz CT molecular complexity index is 648. The molecule has 1 fully saturated rings. The topological polar surface area (TPSA) is 52.6 Å². The summed E-state index contributed by atoms with van der Waals surface area (Å²) in [5, 5.41) is 11.5. The zero-order chi connectivity index (χ0) is 16.8. The Hall–Kier alpha value is -0.870. The van der Waals surface area contributed by atoms with Gasteiger partial charge < -0.3 is 15.5 Å². The van der Waals surface area contributed by atoms with Crippen LogP contribution in [-0.4, -0.2) is 36.6 Å². The number of hydrogen-bond donors (Lipinski definition) is 2. The third kappa shape index (κ3) is 6.10. The molecule has 138 valence electrons. The maximum Gasteiger partial charge on any atom is 0.191 e. The van der Waals surface area contributed by atoms with Gasteiger partial charge in [0.25, 0.3) is 0 Å². The highest BCUT2D eigenvalue weighted by Gasteiger charge is 2.20. The predicted molar refractivity (Wildman–Crippen MR) is 120 cm³/mol.